The first-order valence-corrected chi connectivity index (χ1v) is 4.88. The molecule has 1 aromatic heterocycles. The summed E-state index contributed by atoms with van der Waals surface area (Å²) in [5.41, 5.74) is 3.23. The number of para-hydroxylation sites is 1. The lowest BCUT2D eigenvalue weighted by atomic mass is 10.1. The van der Waals surface area contributed by atoms with E-state index in [4.69, 9.17) is 4.42 Å². The molecule has 0 aliphatic rings. The molecule has 0 bridgehead atoms. The van der Waals surface area contributed by atoms with Gasteiger partial charge in [-0.2, -0.15) is 0 Å². The third-order valence-electron chi connectivity index (χ3n) is 2.51. The summed E-state index contributed by atoms with van der Waals surface area (Å²) in [5, 5.41) is 1.16. The van der Waals surface area contributed by atoms with Crippen LogP contribution in [0.3, 0.4) is 0 Å². The van der Waals surface area contributed by atoms with Crippen LogP contribution in [0.25, 0.3) is 22.1 Å². The average molecular weight is 193 g/mol. The Hall–Kier alpha value is -2.02. The molecule has 1 heterocycles. The zero-order valence-corrected chi connectivity index (χ0v) is 8.10. The van der Waals surface area contributed by atoms with Gasteiger partial charge in [-0.1, -0.05) is 42.5 Å². The Kier molecular flexibility index (Phi) is 1.82. The van der Waals surface area contributed by atoms with Gasteiger partial charge in [0.05, 0.1) is 6.26 Å². The van der Waals surface area contributed by atoms with Crippen LogP contribution in [0.1, 0.15) is 0 Å². The molecule has 1 radical (unpaired) electrons. The smallest absolute Gasteiger partial charge is 0.134 e. The fourth-order valence-electron chi connectivity index (χ4n) is 1.77. The highest BCUT2D eigenvalue weighted by molar-refractivity contribution is 5.93. The molecule has 0 saturated heterocycles. The minimum atomic E-state index is 0.931. The lowest BCUT2D eigenvalue weighted by Gasteiger charge is -1.96. The van der Waals surface area contributed by atoms with Crippen molar-refractivity contribution < 1.29 is 4.42 Å². The van der Waals surface area contributed by atoms with E-state index in [2.05, 4.69) is 12.1 Å². The second-order valence-corrected chi connectivity index (χ2v) is 3.43. The Bertz CT molecular complexity index is 578. The molecule has 71 valence electrons. The van der Waals surface area contributed by atoms with E-state index in [-0.39, 0.29) is 0 Å². The average Bonchev–Trinajstić information content (AvgIpc) is 2.74. The largest absolute Gasteiger partial charge is 0.464 e. The van der Waals surface area contributed by atoms with Crippen LogP contribution in [0.5, 0.6) is 0 Å². The Labute approximate surface area is 88.0 Å². The van der Waals surface area contributed by atoms with Crippen LogP contribution in [-0.2, 0) is 0 Å². The molecule has 1 nitrogen and oxygen atoms in total. The van der Waals surface area contributed by atoms with Gasteiger partial charge in [0, 0.05) is 10.9 Å². The fraction of sp³-hybridized carbons (Fsp3) is 0. The molecule has 3 rings (SSSR count). The lowest BCUT2D eigenvalue weighted by Crippen LogP contribution is -1.73. The summed E-state index contributed by atoms with van der Waals surface area (Å²) < 4.78 is 5.49. The normalized spacial score (nSPS) is 10.7. The van der Waals surface area contributed by atoms with Gasteiger partial charge in [-0.15, -0.1) is 0 Å². The highest BCUT2D eigenvalue weighted by atomic mass is 16.3. The van der Waals surface area contributed by atoms with Crippen LogP contribution in [0.2, 0.25) is 0 Å². The summed E-state index contributed by atoms with van der Waals surface area (Å²) in [5.74, 6) is 0. The van der Waals surface area contributed by atoms with Crippen molar-refractivity contribution >= 4 is 11.0 Å². The van der Waals surface area contributed by atoms with Crippen molar-refractivity contribution in [2.45, 2.75) is 0 Å². The molecule has 2 aromatic carbocycles. The second-order valence-electron chi connectivity index (χ2n) is 3.43. The number of hydrogen-bond donors (Lipinski definition) is 0. The van der Waals surface area contributed by atoms with Crippen molar-refractivity contribution in [2.24, 2.45) is 0 Å². The first-order chi connectivity index (χ1) is 7.45. The predicted octanol–water partition coefficient (Wildman–Crippen LogP) is 3.90. The molecule has 0 amide bonds. The van der Waals surface area contributed by atoms with Crippen LogP contribution in [0.15, 0.2) is 59.2 Å². The van der Waals surface area contributed by atoms with Gasteiger partial charge in [-0.3, -0.25) is 0 Å². The first kappa shape index (κ1) is 8.30. The number of rotatable bonds is 1. The summed E-state index contributed by atoms with van der Waals surface area (Å²) in [6.07, 6.45) is 1.81. The second kappa shape index (κ2) is 3.28. The number of hydrogen-bond acceptors (Lipinski definition) is 1. The molecular weight excluding hydrogens is 184 g/mol. The van der Waals surface area contributed by atoms with Gasteiger partial charge in [0.25, 0.3) is 0 Å². The van der Waals surface area contributed by atoms with Crippen LogP contribution in [0, 0.1) is 6.07 Å². The summed E-state index contributed by atoms with van der Waals surface area (Å²) in [7, 11) is 0. The number of fused-ring (bicyclic) bond motifs is 1. The first-order valence-electron chi connectivity index (χ1n) is 4.88. The summed E-state index contributed by atoms with van der Waals surface area (Å²) >= 11 is 0. The number of benzene rings is 2. The van der Waals surface area contributed by atoms with E-state index < -0.39 is 0 Å². The molecule has 0 spiro atoms. The maximum atomic E-state index is 5.49. The van der Waals surface area contributed by atoms with Crippen molar-refractivity contribution in [3.8, 4) is 11.1 Å². The van der Waals surface area contributed by atoms with Crippen LogP contribution < -0.4 is 0 Å². The van der Waals surface area contributed by atoms with Gasteiger partial charge in [-0.25, -0.2) is 0 Å². The van der Waals surface area contributed by atoms with Crippen LogP contribution >= 0.6 is 0 Å². The van der Waals surface area contributed by atoms with Crippen LogP contribution in [-0.4, -0.2) is 0 Å². The minimum absolute atomic E-state index is 0.931. The molecule has 0 N–H and O–H groups in total. The topological polar surface area (TPSA) is 13.1 Å². The van der Waals surface area contributed by atoms with Crippen molar-refractivity contribution in [1.29, 1.82) is 0 Å². The molecule has 0 saturated carbocycles. The molecule has 0 unspecified atom stereocenters. The van der Waals surface area contributed by atoms with E-state index in [1.807, 2.05) is 42.5 Å². The molecule has 15 heavy (non-hydrogen) atoms. The third kappa shape index (κ3) is 1.33. The van der Waals surface area contributed by atoms with Gasteiger partial charge in [0.1, 0.15) is 5.58 Å². The number of furan rings is 1. The Morgan fingerprint density at radius 1 is 0.933 bits per heavy atom. The van der Waals surface area contributed by atoms with E-state index in [1.54, 1.807) is 6.26 Å². The molecule has 1 heteroatoms. The molecule has 3 aromatic rings. The standard InChI is InChI=1S/C14H9O/c1-2-6-11(7-3-1)13-10-15-14-9-5-4-8-12(13)14/h2-10H. The maximum absolute atomic E-state index is 5.49. The Morgan fingerprint density at radius 2 is 1.73 bits per heavy atom. The van der Waals surface area contributed by atoms with E-state index in [0.29, 0.717) is 0 Å². The van der Waals surface area contributed by atoms with Crippen molar-refractivity contribution in [3.05, 3.63) is 60.9 Å². The highest BCUT2D eigenvalue weighted by Crippen LogP contribution is 2.29. The molecule has 0 atom stereocenters. The van der Waals surface area contributed by atoms with E-state index in [0.717, 1.165) is 16.5 Å². The Balaban J connectivity index is 2.28. The lowest BCUT2D eigenvalue weighted by molar-refractivity contribution is 0.617. The van der Waals surface area contributed by atoms with Gasteiger partial charge in [-0.05, 0) is 17.7 Å². The zero-order chi connectivity index (χ0) is 10.1. The predicted molar refractivity (Wildman–Crippen MR) is 60.5 cm³/mol. The van der Waals surface area contributed by atoms with Gasteiger partial charge in [0.2, 0.25) is 0 Å². The van der Waals surface area contributed by atoms with Gasteiger partial charge in [0.15, 0.2) is 0 Å². The monoisotopic (exact) mass is 193 g/mol. The van der Waals surface area contributed by atoms with Gasteiger partial charge < -0.3 is 4.42 Å². The Morgan fingerprint density at radius 3 is 2.60 bits per heavy atom. The summed E-state index contributed by atoms with van der Waals surface area (Å²) in [6.45, 7) is 0. The van der Waals surface area contributed by atoms with Gasteiger partial charge >= 0.3 is 0 Å². The fourth-order valence-corrected chi connectivity index (χ4v) is 1.77. The van der Waals surface area contributed by atoms with Crippen molar-refractivity contribution in [1.82, 2.24) is 0 Å². The SMILES string of the molecule is [c]1ccc(-c2coc3ccccc23)cc1. The van der Waals surface area contributed by atoms with Crippen molar-refractivity contribution in [3.63, 3.8) is 0 Å². The zero-order valence-electron chi connectivity index (χ0n) is 8.10. The summed E-state index contributed by atoms with van der Waals surface area (Å²) in [6, 6.07) is 19.0. The quantitative estimate of drug-likeness (QED) is 0.571. The third-order valence-corrected chi connectivity index (χ3v) is 2.51. The maximum Gasteiger partial charge on any atom is 0.134 e. The molecular formula is C14H9O. The van der Waals surface area contributed by atoms with E-state index in [1.165, 1.54) is 5.56 Å². The van der Waals surface area contributed by atoms with Crippen LogP contribution in [0.4, 0.5) is 0 Å². The molecule has 0 fully saturated rings. The van der Waals surface area contributed by atoms with Crippen molar-refractivity contribution in [2.75, 3.05) is 0 Å². The van der Waals surface area contributed by atoms with E-state index in [9.17, 15) is 0 Å². The highest BCUT2D eigenvalue weighted by Gasteiger charge is 2.05. The van der Waals surface area contributed by atoms with E-state index >= 15 is 0 Å². The summed E-state index contributed by atoms with van der Waals surface area (Å²) in [4.78, 5) is 0. The minimum Gasteiger partial charge on any atom is -0.464 e. The molecule has 0 aliphatic heterocycles. The molecule has 0 aliphatic carbocycles.